The normalized spacial score (nSPS) is 10.8. The van der Waals surface area contributed by atoms with Gasteiger partial charge in [0, 0.05) is 18.2 Å². The van der Waals surface area contributed by atoms with Crippen molar-refractivity contribution in [3.63, 3.8) is 0 Å². The van der Waals surface area contributed by atoms with Crippen molar-refractivity contribution in [2.75, 3.05) is 0 Å². The predicted molar refractivity (Wildman–Crippen MR) is 125 cm³/mol. The topological polar surface area (TPSA) is 64.4 Å². The zero-order valence-corrected chi connectivity index (χ0v) is 18.7. The van der Waals surface area contributed by atoms with Gasteiger partial charge in [-0.3, -0.25) is 4.79 Å². The summed E-state index contributed by atoms with van der Waals surface area (Å²) in [6, 6.07) is 21.4. The smallest absolute Gasteiger partial charge is 0.273 e. The lowest BCUT2D eigenvalue weighted by Gasteiger charge is -2.09. The molecule has 3 aromatic carbocycles. The van der Waals surface area contributed by atoms with Crippen molar-refractivity contribution in [1.29, 1.82) is 0 Å². The molecule has 1 aromatic heterocycles. The third-order valence-corrected chi connectivity index (χ3v) is 5.62. The van der Waals surface area contributed by atoms with Crippen LogP contribution in [0.25, 0.3) is 11.3 Å². The summed E-state index contributed by atoms with van der Waals surface area (Å²) in [5.41, 5.74) is 6.91. The van der Waals surface area contributed by atoms with Crippen molar-refractivity contribution < 1.29 is 14.1 Å². The van der Waals surface area contributed by atoms with Gasteiger partial charge < -0.3 is 14.6 Å². The number of rotatable bonds is 6. The van der Waals surface area contributed by atoms with Crippen LogP contribution < -0.4 is 10.1 Å². The molecule has 32 heavy (non-hydrogen) atoms. The van der Waals surface area contributed by atoms with Gasteiger partial charge in [0.1, 0.15) is 11.5 Å². The highest BCUT2D eigenvalue weighted by atomic mass is 16.5. The van der Waals surface area contributed by atoms with Crippen molar-refractivity contribution in [3.05, 3.63) is 100 Å². The number of carbonyl (C=O) groups is 1. The maximum absolute atomic E-state index is 12.5. The standard InChI is InChI=1S/C27H26N2O3/c1-17-5-9-22(13-19(17)3)26-15-25(29-32-26)27(30)28-16-21-7-11-23(12-8-21)31-24-10-6-18(2)20(4)14-24/h5-15H,16H2,1-4H3,(H,28,30). The number of aromatic nitrogens is 1. The van der Waals surface area contributed by atoms with Crippen molar-refractivity contribution in [1.82, 2.24) is 10.5 Å². The van der Waals surface area contributed by atoms with Gasteiger partial charge in [-0.05, 0) is 85.8 Å². The van der Waals surface area contributed by atoms with Crippen molar-refractivity contribution >= 4 is 5.91 Å². The van der Waals surface area contributed by atoms with Crippen LogP contribution in [-0.4, -0.2) is 11.1 Å². The Bertz CT molecular complexity index is 1260. The summed E-state index contributed by atoms with van der Waals surface area (Å²) in [7, 11) is 0. The van der Waals surface area contributed by atoms with E-state index in [1.165, 1.54) is 16.7 Å². The average Bonchev–Trinajstić information content (AvgIpc) is 3.28. The van der Waals surface area contributed by atoms with E-state index in [0.717, 1.165) is 28.2 Å². The third-order valence-electron chi connectivity index (χ3n) is 5.62. The molecule has 0 aliphatic rings. The van der Waals surface area contributed by atoms with Crippen LogP contribution in [-0.2, 0) is 6.54 Å². The van der Waals surface area contributed by atoms with Gasteiger partial charge in [0.2, 0.25) is 0 Å². The summed E-state index contributed by atoms with van der Waals surface area (Å²) in [5.74, 6) is 1.85. The summed E-state index contributed by atoms with van der Waals surface area (Å²) in [5, 5.41) is 6.81. The van der Waals surface area contributed by atoms with E-state index in [1.807, 2.05) is 67.6 Å². The molecule has 0 unspecified atom stereocenters. The number of hydrogen-bond donors (Lipinski definition) is 1. The Morgan fingerprint density at radius 1 is 0.812 bits per heavy atom. The zero-order chi connectivity index (χ0) is 22.7. The Morgan fingerprint density at radius 3 is 2.16 bits per heavy atom. The van der Waals surface area contributed by atoms with Gasteiger partial charge in [0.25, 0.3) is 5.91 Å². The Hall–Kier alpha value is -3.86. The van der Waals surface area contributed by atoms with Crippen LogP contribution in [0.2, 0.25) is 0 Å². The van der Waals surface area contributed by atoms with E-state index >= 15 is 0 Å². The Labute approximate surface area is 188 Å². The molecule has 0 fully saturated rings. The maximum Gasteiger partial charge on any atom is 0.273 e. The van der Waals surface area contributed by atoms with Crippen LogP contribution in [0.5, 0.6) is 11.5 Å². The van der Waals surface area contributed by atoms with E-state index in [2.05, 4.69) is 31.2 Å². The molecule has 1 heterocycles. The molecule has 5 nitrogen and oxygen atoms in total. The van der Waals surface area contributed by atoms with Crippen LogP contribution in [0.1, 0.15) is 38.3 Å². The molecule has 162 valence electrons. The zero-order valence-electron chi connectivity index (χ0n) is 18.7. The summed E-state index contributed by atoms with van der Waals surface area (Å²) < 4.78 is 11.3. The summed E-state index contributed by atoms with van der Waals surface area (Å²) >= 11 is 0. The lowest BCUT2D eigenvalue weighted by atomic mass is 10.0. The minimum atomic E-state index is -0.278. The maximum atomic E-state index is 12.5. The van der Waals surface area contributed by atoms with E-state index in [4.69, 9.17) is 9.26 Å². The van der Waals surface area contributed by atoms with Crippen molar-refractivity contribution in [2.45, 2.75) is 34.2 Å². The number of carbonyl (C=O) groups excluding carboxylic acids is 1. The molecule has 0 aliphatic carbocycles. The summed E-state index contributed by atoms with van der Waals surface area (Å²) in [6.45, 7) is 8.62. The van der Waals surface area contributed by atoms with Gasteiger partial charge in [-0.1, -0.05) is 35.5 Å². The van der Waals surface area contributed by atoms with Crippen LogP contribution in [0.4, 0.5) is 0 Å². The highest BCUT2D eigenvalue weighted by molar-refractivity contribution is 5.93. The van der Waals surface area contributed by atoms with Crippen LogP contribution >= 0.6 is 0 Å². The van der Waals surface area contributed by atoms with Gasteiger partial charge >= 0.3 is 0 Å². The Morgan fingerprint density at radius 2 is 1.47 bits per heavy atom. The fraction of sp³-hybridized carbons (Fsp3) is 0.185. The van der Waals surface area contributed by atoms with Gasteiger partial charge in [0.05, 0.1) is 0 Å². The first-order valence-corrected chi connectivity index (χ1v) is 10.6. The molecule has 1 N–H and O–H groups in total. The van der Waals surface area contributed by atoms with Gasteiger partial charge in [-0.2, -0.15) is 0 Å². The molecule has 0 aliphatic heterocycles. The van der Waals surface area contributed by atoms with E-state index in [-0.39, 0.29) is 11.6 Å². The predicted octanol–water partition coefficient (Wildman–Crippen LogP) is 6.30. The Kier molecular flexibility index (Phi) is 6.08. The second-order valence-electron chi connectivity index (χ2n) is 8.05. The molecule has 0 spiro atoms. The number of aryl methyl sites for hydroxylation is 4. The minimum Gasteiger partial charge on any atom is -0.457 e. The largest absolute Gasteiger partial charge is 0.457 e. The molecule has 0 bridgehead atoms. The molecule has 5 heteroatoms. The highest BCUT2D eigenvalue weighted by Crippen LogP contribution is 2.25. The molecule has 1 amide bonds. The van der Waals surface area contributed by atoms with Crippen LogP contribution in [0.15, 0.2) is 71.3 Å². The highest BCUT2D eigenvalue weighted by Gasteiger charge is 2.14. The number of hydrogen-bond acceptors (Lipinski definition) is 4. The Balaban J connectivity index is 1.35. The van der Waals surface area contributed by atoms with Gasteiger partial charge in [0.15, 0.2) is 11.5 Å². The first-order valence-electron chi connectivity index (χ1n) is 10.6. The molecule has 0 saturated heterocycles. The van der Waals surface area contributed by atoms with Crippen molar-refractivity contribution in [2.24, 2.45) is 0 Å². The molecule has 0 atom stereocenters. The van der Waals surface area contributed by atoms with Crippen molar-refractivity contribution in [3.8, 4) is 22.8 Å². The summed E-state index contributed by atoms with van der Waals surface area (Å²) in [6.07, 6.45) is 0. The summed E-state index contributed by atoms with van der Waals surface area (Å²) in [4.78, 5) is 12.5. The molecule has 4 rings (SSSR count). The number of amides is 1. The molecular weight excluding hydrogens is 400 g/mol. The fourth-order valence-corrected chi connectivity index (χ4v) is 3.27. The monoisotopic (exact) mass is 426 g/mol. The second-order valence-corrected chi connectivity index (χ2v) is 8.05. The molecule has 0 radical (unpaired) electrons. The van der Waals surface area contributed by atoms with E-state index in [9.17, 15) is 4.79 Å². The molecule has 0 saturated carbocycles. The second kappa shape index (κ2) is 9.10. The lowest BCUT2D eigenvalue weighted by molar-refractivity contribution is 0.0942. The van der Waals surface area contributed by atoms with Gasteiger partial charge in [-0.25, -0.2) is 0 Å². The lowest BCUT2D eigenvalue weighted by Crippen LogP contribution is -2.22. The third kappa shape index (κ3) is 4.89. The fourth-order valence-electron chi connectivity index (χ4n) is 3.27. The first kappa shape index (κ1) is 21.4. The number of benzene rings is 3. The number of nitrogens with one attached hydrogen (secondary N) is 1. The van der Waals surface area contributed by atoms with E-state index in [1.54, 1.807) is 6.07 Å². The first-order chi connectivity index (χ1) is 15.4. The van der Waals surface area contributed by atoms with Crippen LogP contribution in [0, 0.1) is 27.7 Å². The van der Waals surface area contributed by atoms with E-state index < -0.39 is 0 Å². The van der Waals surface area contributed by atoms with Crippen LogP contribution in [0.3, 0.4) is 0 Å². The van der Waals surface area contributed by atoms with Gasteiger partial charge in [-0.15, -0.1) is 0 Å². The average molecular weight is 427 g/mol. The SMILES string of the molecule is Cc1ccc(Oc2ccc(CNC(=O)c3cc(-c4ccc(C)c(C)c4)on3)cc2)cc1C. The molecule has 4 aromatic rings. The molecular formula is C27H26N2O3. The van der Waals surface area contributed by atoms with E-state index in [0.29, 0.717) is 12.3 Å². The minimum absolute atomic E-state index is 0.257. The quantitative estimate of drug-likeness (QED) is 0.393. The number of nitrogens with zero attached hydrogens (tertiary/aromatic N) is 1. The number of ether oxygens (including phenoxy) is 1.